The van der Waals surface area contributed by atoms with Crippen molar-refractivity contribution in [1.29, 1.82) is 0 Å². The first kappa shape index (κ1) is 20.3. The zero-order chi connectivity index (χ0) is 20.1. The van der Waals surface area contributed by atoms with E-state index in [9.17, 15) is 4.79 Å². The maximum absolute atomic E-state index is 12.1. The van der Waals surface area contributed by atoms with Gasteiger partial charge in [0.25, 0.3) is 0 Å². The van der Waals surface area contributed by atoms with Crippen LogP contribution >= 0.6 is 11.3 Å². The van der Waals surface area contributed by atoms with E-state index in [1.165, 1.54) is 10.4 Å². The number of nitrogens with one attached hydrogen (secondary N) is 1. The van der Waals surface area contributed by atoms with E-state index in [4.69, 9.17) is 0 Å². The molecule has 0 saturated heterocycles. The average molecular weight is 397 g/mol. The number of amides is 1. The lowest BCUT2D eigenvalue weighted by molar-refractivity contribution is -0.120. The summed E-state index contributed by atoms with van der Waals surface area (Å²) < 4.78 is 0. The minimum atomic E-state index is 0.0878. The molecule has 148 valence electrons. The van der Waals surface area contributed by atoms with Gasteiger partial charge in [0.1, 0.15) is 16.5 Å². The quantitative estimate of drug-likeness (QED) is 0.602. The summed E-state index contributed by atoms with van der Waals surface area (Å²) in [5, 5.41) is 4.04. The Morgan fingerprint density at radius 2 is 1.96 bits per heavy atom. The molecule has 1 aromatic carbocycles. The summed E-state index contributed by atoms with van der Waals surface area (Å²) in [5.74, 6) is 2.32. The van der Waals surface area contributed by atoms with Crippen molar-refractivity contribution in [2.75, 3.05) is 25.0 Å². The normalized spacial score (nSPS) is 11.2. The van der Waals surface area contributed by atoms with Gasteiger partial charge in [0.05, 0.1) is 5.39 Å². The van der Waals surface area contributed by atoms with E-state index in [-0.39, 0.29) is 5.91 Å². The van der Waals surface area contributed by atoms with Crippen molar-refractivity contribution in [2.24, 2.45) is 5.92 Å². The summed E-state index contributed by atoms with van der Waals surface area (Å²) in [7, 11) is 1.99. The Labute approximate surface area is 170 Å². The fourth-order valence-corrected chi connectivity index (χ4v) is 4.09. The number of benzene rings is 1. The molecule has 1 N–H and O–H groups in total. The van der Waals surface area contributed by atoms with E-state index in [0.717, 1.165) is 34.8 Å². The van der Waals surface area contributed by atoms with E-state index in [0.29, 0.717) is 18.9 Å². The molecule has 28 heavy (non-hydrogen) atoms. The number of nitrogens with zero attached hydrogens (tertiary/aromatic N) is 3. The molecule has 0 aliphatic rings. The number of aromatic nitrogens is 2. The molecule has 0 saturated carbocycles. The van der Waals surface area contributed by atoms with E-state index in [1.54, 1.807) is 11.3 Å². The first-order valence-corrected chi connectivity index (χ1v) is 10.6. The maximum atomic E-state index is 12.1. The highest BCUT2D eigenvalue weighted by Gasteiger charge is 2.15. The van der Waals surface area contributed by atoms with Gasteiger partial charge in [0, 0.05) is 31.4 Å². The van der Waals surface area contributed by atoms with Gasteiger partial charge in [-0.3, -0.25) is 4.79 Å². The third-order valence-corrected chi connectivity index (χ3v) is 5.70. The molecule has 3 rings (SSSR count). The van der Waals surface area contributed by atoms with Crippen LogP contribution < -0.4 is 10.2 Å². The highest BCUT2D eigenvalue weighted by atomic mass is 32.1. The van der Waals surface area contributed by atoms with E-state index < -0.39 is 0 Å². The summed E-state index contributed by atoms with van der Waals surface area (Å²) in [4.78, 5) is 25.6. The Morgan fingerprint density at radius 1 is 1.21 bits per heavy atom. The second-order valence-electron chi connectivity index (χ2n) is 7.49. The lowest BCUT2D eigenvalue weighted by atomic mass is 10.1. The molecule has 1 amide bonds. The van der Waals surface area contributed by atoms with Gasteiger partial charge in [-0.15, -0.1) is 11.3 Å². The van der Waals surface area contributed by atoms with Crippen molar-refractivity contribution in [1.82, 2.24) is 15.3 Å². The number of carbonyl (C=O) groups excluding carboxylic acids is 1. The highest BCUT2D eigenvalue weighted by molar-refractivity contribution is 7.21. The second-order valence-corrected chi connectivity index (χ2v) is 8.52. The molecule has 0 spiro atoms. The monoisotopic (exact) mass is 396 g/mol. The Kier molecular flexibility index (Phi) is 6.62. The van der Waals surface area contributed by atoms with Crippen LogP contribution in [-0.4, -0.2) is 36.0 Å². The molecule has 2 aromatic heterocycles. The van der Waals surface area contributed by atoms with Gasteiger partial charge in [-0.2, -0.15) is 0 Å². The van der Waals surface area contributed by atoms with Crippen LogP contribution in [-0.2, 0) is 4.79 Å². The second kappa shape index (κ2) is 9.15. The lowest BCUT2D eigenvalue weighted by Gasteiger charge is -2.19. The van der Waals surface area contributed by atoms with Gasteiger partial charge in [0.2, 0.25) is 5.91 Å². The fraction of sp³-hybridized carbons (Fsp3) is 0.409. The third kappa shape index (κ3) is 5.07. The Balaban J connectivity index is 1.74. The molecule has 5 nitrogen and oxygen atoms in total. The van der Waals surface area contributed by atoms with Gasteiger partial charge in [0.15, 0.2) is 0 Å². The number of anilines is 1. The Morgan fingerprint density at radius 3 is 2.68 bits per heavy atom. The van der Waals surface area contributed by atoms with Gasteiger partial charge < -0.3 is 10.2 Å². The minimum absolute atomic E-state index is 0.0878. The van der Waals surface area contributed by atoms with Crippen LogP contribution in [0.5, 0.6) is 0 Å². The van der Waals surface area contributed by atoms with Crippen molar-refractivity contribution in [3.63, 3.8) is 0 Å². The van der Waals surface area contributed by atoms with Crippen LogP contribution in [0.2, 0.25) is 0 Å². The predicted octanol–water partition coefficient (Wildman–Crippen LogP) is 4.66. The van der Waals surface area contributed by atoms with E-state index in [2.05, 4.69) is 52.2 Å². The van der Waals surface area contributed by atoms with E-state index >= 15 is 0 Å². The van der Waals surface area contributed by atoms with Crippen LogP contribution in [0.25, 0.3) is 20.7 Å². The molecule has 0 aliphatic heterocycles. The number of rotatable bonds is 8. The third-order valence-electron chi connectivity index (χ3n) is 4.62. The number of hydrogen-bond donors (Lipinski definition) is 1. The van der Waals surface area contributed by atoms with Gasteiger partial charge in [-0.25, -0.2) is 9.97 Å². The van der Waals surface area contributed by atoms with Crippen LogP contribution in [0.1, 0.15) is 32.5 Å². The molecule has 0 aliphatic carbocycles. The fourth-order valence-electron chi connectivity index (χ4n) is 3.01. The van der Waals surface area contributed by atoms with Crippen molar-refractivity contribution >= 4 is 33.3 Å². The van der Waals surface area contributed by atoms with Crippen molar-refractivity contribution in [3.8, 4) is 10.4 Å². The predicted molar refractivity (Wildman–Crippen MR) is 118 cm³/mol. The zero-order valence-corrected chi connectivity index (χ0v) is 17.8. The summed E-state index contributed by atoms with van der Waals surface area (Å²) in [6.07, 6.45) is 1.46. The summed E-state index contributed by atoms with van der Waals surface area (Å²) in [5.41, 5.74) is 1.18. The number of aryl methyl sites for hydroxylation is 1. The Bertz CT molecular complexity index is 936. The minimum Gasteiger partial charge on any atom is -0.359 e. The molecule has 0 unspecified atom stereocenters. The molecular weight excluding hydrogens is 368 g/mol. The number of carbonyl (C=O) groups is 1. The zero-order valence-electron chi connectivity index (χ0n) is 17.0. The lowest BCUT2D eigenvalue weighted by Crippen LogP contribution is -2.30. The van der Waals surface area contributed by atoms with Crippen molar-refractivity contribution in [2.45, 2.75) is 33.6 Å². The molecule has 2 heterocycles. The van der Waals surface area contributed by atoms with Gasteiger partial charge >= 0.3 is 0 Å². The first-order chi connectivity index (χ1) is 13.4. The number of thiophene rings is 1. The molecule has 0 radical (unpaired) electrons. The number of hydrogen-bond acceptors (Lipinski definition) is 5. The van der Waals surface area contributed by atoms with E-state index in [1.807, 2.05) is 32.2 Å². The van der Waals surface area contributed by atoms with Gasteiger partial charge in [-0.1, -0.05) is 44.2 Å². The summed E-state index contributed by atoms with van der Waals surface area (Å²) in [6.45, 7) is 7.59. The molecular formula is C22H28N4OS. The van der Waals surface area contributed by atoms with Crippen molar-refractivity contribution < 1.29 is 4.79 Å². The maximum Gasteiger partial charge on any atom is 0.221 e. The molecule has 0 bridgehead atoms. The van der Waals surface area contributed by atoms with Crippen LogP contribution in [0.15, 0.2) is 36.4 Å². The molecule has 0 atom stereocenters. The van der Waals surface area contributed by atoms with Crippen molar-refractivity contribution in [3.05, 3.63) is 42.2 Å². The smallest absolute Gasteiger partial charge is 0.221 e. The topological polar surface area (TPSA) is 58.1 Å². The summed E-state index contributed by atoms with van der Waals surface area (Å²) >= 11 is 1.68. The SMILES string of the molecule is Cc1nc(N(C)CCC(=O)NCCC(C)C)c2cc(-c3ccccc3)sc2n1. The Hall–Kier alpha value is -2.47. The number of fused-ring (bicyclic) bond motifs is 1. The van der Waals surface area contributed by atoms with Crippen LogP contribution in [0.3, 0.4) is 0 Å². The summed E-state index contributed by atoms with van der Waals surface area (Å²) in [6, 6.07) is 12.5. The standard InChI is InChI=1S/C22H28N4OS/c1-15(2)10-12-23-20(27)11-13-26(4)21-18-14-19(17-8-6-5-7-9-17)28-22(18)25-16(3)24-21/h5-9,14-15H,10-13H2,1-4H3,(H,23,27). The average Bonchev–Trinajstić information content (AvgIpc) is 3.09. The highest BCUT2D eigenvalue weighted by Crippen LogP contribution is 2.36. The molecule has 0 fully saturated rings. The largest absolute Gasteiger partial charge is 0.359 e. The van der Waals surface area contributed by atoms with Crippen LogP contribution in [0.4, 0.5) is 5.82 Å². The van der Waals surface area contributed by atoms with Gasteiger partial charge in [-0.05, 0) is 30.9 Å². The molecule has 6 heteroatoms. The molecule has 3 aromatic rings. The first-order valence-electron chi connectivity index (χ1n) is 9.75. The van der Waals surface area contributed by atoms with Crippen LogP contribution in [0, 0.1) is 12.8 Å².